The molecule has 1 aromatic heterocycles. The summed E-state index contributed by atoms with van der Waals surface area (Å²) in [6.45, 7) is 6.47. The minimum Gasteiger partial charge on any atom is -0.491 e. The van der Waals surface area contributed by atoms with Gasteiger partial charge in [0, 0.05) is 6.20 Å². The number of pyridine rings is 1. The van der Waals surface area contributed by atoms with Gasteiger partial charge in [0.1, 0.15) is 5.75 Å². The second-order valence-corrected chi connectivity index (χ2v) is 7.06. The van der Waals surface area contributed by atoms with E-state index in [1.807, 2.05) is 13.8 Å². The molecule has 0 spiro atoms. The maximum Gasteiger partial charge on any atom is 0.154 e. The lowest BCUT2D eigenvalue weighted by Crippen LogP contribution is -2.42. The van der Waals surface area contributed by atoms with Gasteiger partial charge < -0.3 is 9.84 Å². The number of rotatable bonds is 7. The SMILES string of the molecule is CCCC(C)(O)C1CCCCC1COc1cncc(C)c1C=O. The van der Waals surface area contributed by atoms with Gasteiger partial charge in [0.15, 0.2) is 6.29 Å². The van der Waals surface area contributed by atoms with Crippen LogP contribution in [0.5, 0.6) is 5.75 Å². The van der Waals surface area contributed by atoms with Crippen LogP contribution in [0.4, 0.5) is 0 Å². The van der Waals surface area contributed by atoms with E-state index in [2.05, 4.69) is 11.9 Å². The lowest BCUT2D eigenvalue weighted by molar-refractivity contribution is -0.0579. The molecule has 0 amide bonds. The number of aromatic nitrogens is 1. The number of aldehydes is 1. The van der Waals surface area contributed by atoms with Gasteiger partial charge in [-0.25, -0.2) is 0 Å². The zero-order chi connectivity index (χ0) is 16.9. The molecule has 2 rings (SSSR count). The van der Waals surface area contributed by atoms with Crippen LogP contribution in [-0.2, 0) is 0 Å². The van der Waals surface area contributed by atoms with Crippen molar-refractivity contribution in [1.82, 2.24) is 4.98 Å². The Balaban J connectivity index is 2.08. The lowest BCUT2D eigenvalue weighted by Gasteiger charge is -2.41. The Labute approximate surface area is 139 Å². The number of carbonyl (C=O) groups is 1. The van der Waals surface area contributed by atoms with Gasteiger partial charge in [0.2, 0.25) is 0 Å². The van der Waals surface area contributed by atoms with E-state index in [4.69, 9.17) is 4.74 Å². The summed E-state index contributed by atoms with van der Waals surface area (Å²) in [7, 11) is 0. The van der Waals surface area contributed by atoms with Crippen molar-refractivity contribution in [1.29, 1.82) is 0 Å². The van der Waals surface area contributed by atoms with E-state index < -0.39 is 5.60 Å². The molecule has 128 valence electrons. The first kappa shape index (κ1) is 17.9. The van der Waals surface area contributed by atoms with Gasteiger partial charge in [-0.2, -0.15) is 0 Å². The van der Waals surface area contributed by atoms with Crippen molar-refractivity contribution in [3.8, 4) is 5.75 Å². The van der Waals surface area contributed by atoms with Gasteiger partial charge in [-0.1, -0.05) is 26.2 Å². The van der Waals surface area contributed by atoms with Gasteiger partial charge in [-0.05, 0) is 50.5 Å². The van der Waals surface area contributed by atoms with Crippen LogP contribution in [0.25, 0.3) is 0 Å². The summed E-state index contributed by atoms with van der Waals surface area (Å²) in [6, 6.07) is 0. The molecule has 3 atom stereocenters. The number of ether oxygens (including phenoxy) is 1. The van der Waals surface area contributed by atoms with Crippen molar-refractivity contribution in [2.24, 2.45) is 11.8 Å². The molecule has 1 N–H and O–H groups in total. The van der Waals surface area contributed by atoms with E-state index in [1.165, 1.54) is 12.8 Å². The first-order valence-corrected chi connectivity index (χ1v) is 8.74. The highest BCUT2D eigenvalue weighted by Crippen LogP contribution is 2.39. The van der Waals surface area contributed by atoms with Crippen molar-refractivity contribution in [3.05, 3.63) is 23.5 Å². The molecule has 0 saturated heterocycles. The van der Waals surface area contributed by atoms with Crippen LogP contribution in [0.2, 0.25) is 0 Å². The molecule has 4 nitrogen and oxygen atoms in total. The summed E-state index contributed by atoms with van der Waals surface area (Å²) < 4.78 is 5.95. The molecule has 1 saturated carbocycles. The van der Waals surface area contributed by atoms with E-state index in [0.717, 1.165) is 37.5 Å². The van der Waals surface area contributed by atoms with Crippen LogP contribution in [0.15, 0.2) is 12.4 Å². The van der Waals surface area contributed by atoms with Gasteiger partial charge in [0.25, 0.3) is 0 Å². The second kappa shape index (κ2) is 7.91. The molecule has 0 bridgehead atoms. The Bertz CT molecular complexity index is 527. The van der Waals surface area contributed by atoms with Crippen molar-refractivity contribution in [2.75, 3.05) is 6.61 Å². The van der Waals surface area contributed by atoms with Crippen LogP contribution >= 0.6 is 0 Å². The van der Waals surface area contributed by atoms with Crippen LogP contribution in [0.3, 0.4) is 0 Å². The third-order valence-corrected chi connectivity index (χ3v) is 5.19. The zero-order valence-corrected chi connectivity index (χ0v) is 14.5. The zero-order valence-electron chi connectivity index (χ0n) is 14.5. The number of aliphatic hydroxyl groups is 1. The van der Waals surface area contributed by atoms with Crippen LogP contribution < -0.4 is 4.74 Å². The number of nitrogens with zero attached hydrogens (tertiary/aromatic N) is 1. The Morgan fingerprint density at radius 2 is 2.13 bits per heavy atom. The second-order valence-electron chi connectivity index (χ2n) is 7.06. The predicted octanol–water partition coefficient (Wildman–Crippen LogP) is 3.94. The van der Waals surface area contributed by atoms with Gasteiger partial charge in [-0.3, -0.25) is 9.78 Å². The molecular weight excluding hydrogens is 290 g/mol. The maximum atomic E-state index is 11.3. The quantitative estimate of drug-likeness (QED) is 0.773. The fourth-order valence-corrected chi connectivity index (χ4v) is 3.93. The Kier molecular flexibility index (Phi) is 6.17. The highest BCUT2D eigenvalue weighted by molar-refractivity contribution is 5.81. The average Bonchev–Trinajstić information content (AvgIpc) is 2.53. The fourth-order valence-electron chi connectivity index (χ4n) is 3.93. The van der Waals surface area contributed by atoms with Gasteiger partial charge in [-0.15, -0.1) is 0 Å². The lowest BCUT2D eigenvalue weighted by atomic mass is 9.69. The molecule has 0 radical (unpaired) electrons. The van der Waals surface area contributed by atoms with Crippen molar-refractivity contribution in [3.63, 3.8) is 0 Å². The largest absolute Gasteiger partial charge is 0.491 e. The summed E-state index contributed by atoms with van der Waals surface area (Å²) >= 11 is 0. The molecule has 3 unspecified atom stereocenters. The van der Waals surface area contributed by atoms with Crippen molar-refractivity contribution < 1.29 is 14.6 Å². The first-order valence-electron chi connectivity index (χ1n) is 8.74. The third-order valence-electron chi connectivity index (χ3n) is 5.19. The standard InChI is InChI=1S/C19H29NO3/c1-4-9-19(3,22)17-8-6-5-7-15(17)13-23-18-11-20-10-14(2)16(18)12-21/h10-12,15,17,22H,4-9,13H2,1-3H3. The smallest absolute Gasteiger partial charge is 0.154 e. The molecule has 1 aliphatic carbocycles. The summed E-state index contributed by atoms with van der Waals surface area (Å²) in [5, 5.41) is 10.8. The minimum absolute atomic E-state index is 0.258. The van der Waals surface area contributed by atoms with Crippen LogP contribution in [0.1, 0.15) is 68.3 Å². The topological polar surface area (TPSA) is 59.4 Å². The molecule has 4 heteroatoms. The normalized spacial score (nSPS) is 24.0. The molecule has 1 fully saturated rings. The molecule has 1 heterocycles. The van der Waals surface area contributed by atoms with E-state index in [1.54, 1.807) is 12.4 Å². The number of carbonyl (C=O) groups excluding carboxylic acids is 1. The number of aryl methyl sites for hydroxylation is 1. The number of hydrogen-bond donors (Lipinski definition) is 1. The van der Waals surface area contributed by atoms with Gasteiger partial charge >= 0.3 is 0 Å². The van der Waals surface area contributed by atoms with E-state index in [-0.39, 0.29) is 5.92 Å². The van der Waals surface area contributed by atoms with Gasteiger partial charge in [0.05, 0.1) is 24.0 Å². The molecule has 0 aliphatic heterocycles. The van der Waals surface area contributed by atoms with Crippen LogP contribution in [0, 0.1) is 18.8 Å². The molecule has 23 heavy (non-hydrogen) atoms. The average molecular weight is 319 g/mol. The monoisotopic (exact) mass is 319 g/mol. The minimum atomic E-state index is -0.637. The van der Waals surface area contributed by atoms with E-state index in [9.17, 15) is 9.90 Å². The number of hydrogen-bond acceptors (Lipinski definition) is 4. The van der Waals surface area contributed by atoms with Crippen molar-refractivity contribution in [2.45, 2.75) is 64.9 Å². The third kappa shape index (κ3) is 4.31. The summed E-state index contributed by atoms with van der Waals surface area (Å²) in [6.07, 6.45) is 10.4. The highest BCUT2D eigenvalue weighted by atomic mass is 16.5. The van der Waals surface area contributed by atoms with Crippen LogP contribution in [-0.4, -0.2) is 28.6 Å². The predicted molar refractivity (Wildman–Crippen MR) is 90.8 cm³/mol. The van der Waals surface area contributed by atoms with Crippen molar-refractivity contribution >= 4 is 6.29 Å². The van der Waals surface area contributed by atoms with E-state index >= 15 is 0 Å². The molecule has 1 aliphatic rings. The maximum absolute atomic E-state index is 11.3. The Morgan fingerprint density at radius 1 is 1.39 bits per heavy atom. The molecule has 1 aromatic rings. The Hall–Kier alpha value is -1.42. The Morgan fingerprint density at radius 3 is 2.83 bits per heavy atom. The summed E-state index contributed by atoms with van der Waals surface area (Å²) in [4.78, 5) is 15.4. The fraction of sp³-hybridized carbons (Fsp3) is 0.684. The first-order chi connectivity index (χ1) is 11.0. The molecular formula is C19H29NO3. The van der Waals surface area contributed by atoms with E-state index in [0.29, 0.717) is 23.8 Å². The summed E-state index contributed by atoms with van der Waals surface area (Å²) in [5.41, 5.74) is 0.769. The summed E-state index contributed by atoms with van der Waals surface area (Å²) in [5.74, 6) is 1.14. The highest BCUT2D eigenvalue weighted by Gasteiger charge is 2.38. The molecule has 0 aromatic carbocycles.